The van der Waals surface area contributed by atoms with E-state index in [4.69, 9.17) is 0 Å². The zero-order valence-corrected chi connectivity index (χ0v) is 18.8. The minimum Gasteiger partial charge on any atom is -0.385 e. The molecule has 1 aromatic carbocycles. The van der Waals surface area contributed by atoms with Crippen molar-refractivity contribution in [2.75, 3.05) is 25.5 Å². The number of benzene rings is 1. The van der Waals surface area contributed by atoms with Crippen molar-refractivity contribution in [3.8, 4) is 0 Å². The Morgan fingerprint density at radius 2 is 1.88 bits per heavy atom. The predicted molar refractivity (Wildman–Crippen MR) is 119 cm³/mol. The van der Waals surface area contributed by atoms with Gasteiger partial charge in [0, 0.05) is 49.0 Å². The lowest BCUT2D eigenvalue weighted by Crippen LogP contribution is -2.44. The van der Waals surface area contributed by atoms with Crippen LogP contribution in [0.25, 0.3) is 0 Å². The van der Waals surface area contributed by atoms with Crippen molar-refractivity contribution in [3.63, 3.8) is 0 Å². The van der Waals surface area contributed by atoms with Gasteiger partial charge in [0.1, 0.15) is 6.54 Å². The number of aromatic nitrogens is 2. The fourth-order valence-corrected chi connectivity index (χ4v) is 5.21. The Bertz CT molecular complexity index is 1020. The first-order valence-electron chi connectivity index (χ1n) is 11.8. The van der Waals surface area contributed by atoms with Gasteiger partial charge in [0.05, 0.1) is 0 Å². The van der Waals surface area contributed by atoms with E-state index in [1.54, 1.807) is 4.90 Å². The number of carbonyl (C=O) groups excluding carboxylic acids is 1. The van der Waals surface area contributed by atoms with Crippen LogP contribution in [0.4, 0.5) is 18.9 Å². The first kappa shape index (κ1) is 22.3. The van der Waals surface area contributed by atoms with Crippen molar-refractivity contribution in [3.05, 3.63) is 47.3 Å². The molecule has 2 aromatic rings. The number of hydrogen-bond donors (Lipinski definition) is 1. The highest BCUT2D eigenvalue weighted by Crippen LogP contribution is 2.42. The summed E-state index contributed by atoms with van der Waals surface area (Å²) in [6.45, 7) is 1.68. The second-order valence-corrected chi connectivity index (χ2v) is 9.58. The smallest absolute Gasteiger partial charge is 0.385 e. The Morgan fingerprint density at radius 3 is 2.64 bits per heavy atom. The number of amides is 1. The fraction of sp³-hybridized carbons (Fsp3) is 0.583. The maximum absolute atomic E-state index is 13.5. The molecule has 1 aromatic heterocycles. The number of carbonyl (C=O) groups is 1. The normalized spacial score (nSPS) is 24.2. The quantitative estimate of drug-likeness (QED) is 0.748. The molecule has 1 amide bonds. The van der Waals surface area contributed by atoms with E-state index in [0.717, 1.165) is 56.0 Å². The molecule has 0 radical (unpaired) electrons. The Kier molecular flexibility index (Phi) is 5.84. The van der Waals surface area contributed by atoms with Crippen LogP contribution in [0.3, 0.4) is 0 Å². The molecule has 1 aliphatic carbocycles. The standard InChI is InChI=1S/C24H30F3N5O/c1-30-18-8-9-19(30)14-31(13-17-4-2-3-5-20(17)28-11-10-18)23(33)15-32-21(16-6-7-16)12-22(29-32)24(25,26)27/h2-5,12,16,18-19,28H,6-11,13-15H2,1H3/t18-,19+/m0/s1. The topological polar surface area (TPSA) is 53.4 Å². The molecule has 178 valence electrons. The van der Waals surface area contributed by atoms with Crippen molar-refractivity contribution in [1.82, 2.24) is 19.6 Å². The van der Waals surface area contributed by atoms with Crippen LogP contribution in [0.2, 0.25) is 0 Å². The fourth-order valence-electron chi connectivity index (χ4n) is 5.21. The molecule has 2 aliphatic heterocycles. The Balaban J connectivity index is 1.42. The van der Waals surface area contributed by atoms with Crippen molar-refractivity contribution >= 4 is 11.6 Å². The number of halogens is 3. The third-order valence-electron chi connectivity index (χ3n) is 7.32. The van der Waals surface area contributed by atoms with Gasteiger partial charge in [-0.15, -0.1) is 0 Å². The zero-order chi connectivity index (χ0) is 23.2. The minimum atomic E-state index is -4.51. The second kappa shape index (κ2) is 8.66. The first-order chi connectivity index (χ1) is 15.8. The molecule has 2 bridgehead atoms. The van der Waals surface area contributed by atoms with Crippen LogP contribution in [0, 0.1) is 0 Å². The number of hydrogen-bond acceptors (Lipinski definition) is 4. The van der Waals surface area contributed by atoms with E-state index < -0.39 is 11.9 Å². The van der Waals surface area contributed by atoms with Gasteiger partial charge in [-0.25, -0.2) is 0 Å². The summed E-state index contributed by atoms with van der Waals surface area (Å²) in [5.74, 6) is -0.129. The van der Waals surface area contributed by atoms with E-state index in [0.29, 0.717) is 24.8 Å². The highest BCUT2D eigenvalue weighted by Gasteiger charge is 2.39. The summed E-state index contributed by atoms with van der Waals surface area (Å²) < 4.78 is 41.2. The van der Waals surface area contributed by atoms with Crippen LogP contribution in [0.15, 0.2) is 30.3 Å². The van der Waals surface area contributed by atoms with Gasteiger partial charge in [-0.05, 0) is 56.8 Å². The van der Waals surface area contributed by atoms with Crippen molar-refractivity contribution in [1.29, 1.82) is 0 Å². The Hall–Kier alpha value is -2.55. The first-order valence-corrected chi connectivity index (χ1v) is 11.8. The molecule has 2 atom stereocenters. The number of para-hydroxylation sites is 1. The molecule has 1 saturated heterocycles. The molecular formula is C24H30F3N5O. The zero-order valence-electron chi connectivity index (χ0n) is 18.8. The molecule has 1 N–H and O–H groups in total. The second-order valence-electron chi connectivity index (χ2n) is 9.58. The third kappa shape index (κ3) is 4.74. The molecule has 5 rings (SSSR count). The average Bonchev–Trinajstić information content (AvgIpc) is 3.43. The Morgan fingerprint density at radius 1 is 1.12 bits per heavy atom. The average molecular weight is 462 g/mol. The number of anilines is 1. The van der Waals surface area contributed by atoms with E-state index in [-0.39, 0.29) is 24.4 Å². The minimum absolute atomic E-state index is 0.0654. The third-order valence-corrected chi connectivity index (χ3v) is 7.32. The molecule has 33 heavy (non-hydrogen) atoms. The highest BCUT2D eigenvalue weighted by molar-refractivity contribution is 5.76. The summed E-state index contributed by atoms with van der Waals surface area (Å²) >= 11 is 0. The van der Waals surface area contributed by atoms with Crippen LogP contribution in [-0.2, 0) is 24.1 Å². The lowest BCUT2D eigenvalue weighted by atomic mass is 10.1. The van der Waals surface area contributed by atoms with Crippen LogP contribution >= 0.6 is 0 Å². The molecule has 1 saturated carbocycles. The molecule has 3 aliphatic rings. The van der Waals surface area contributed by atoms with Crippen LogP contribution in [-0.4, -0.2) is 57.7 Å². The number of rotatable bonds is 3. The largest absolute Gasteiger partial charge is 0.435 e. The van der Waals surface area contributed by atoms with Crippen LogP contribution in [0.5, 0.6) is 0 Å². The van der Waals surface area contributed by atoms with Gasteiger partial charge >= 0.3 is 6.18 Å². The van der Waals surface area contributed by atoms with E-state index in [9.17, 15) is 18.0 Å². The maximum atomic E-state index is 13.5. The van der Waals surface area contributed by atoms with Gasteiger partial charge < -0.3 is 10.2 Å². The van der Waals surface area contributed by atoms with Gasteiger partial charge in [-0.3, -0.25) is 14.4 Å². The lowest BCUT2D eigenvalue weighted by molar-refractivity contribution is -0.142. The van der Waals surface area contributed by atoms with Gasteiger partial charge in [0.25, 0.3) is 0 Å². The Labute approximate surface area is 191 Å². The highest BCUT2D eigenvalue weighted by atomic mass is 19.4. The summed E-state index contributed by atoms with van der Waals surface area (Å²) in [4.78, 5) is 17.7. The van der Waals surface area contributed by atoms with Crippen LogP contribution < -0.4 is 5.32 Å². The van der Waals surface area contributed by atoms with Crippen molar-refractivity contribution in [2.24, 2.45) is 0 Å². The van der Waals surface area contributed by atoms with E-state index >= 15 is 0 Å². The predicted octanol–water partition coefficient (Wildman–Crippen LogP) is 4.09. The van der Waals surface area contributed by atoms with Gasteiger partial charge in [-0.2, -0.15) is 18.3 Å². The summed E-state index contributed by atoms with van der Waals surface area (Å²) in [5, 5.41) is 7.31. The summed E-state index contributed by atoms with van der Waals surface area (Å²) in [6, 6.07) is 9.78. The summed E-state index contributed by atoms with van der Waals surface area (Å²) in [5.41, 5.74) is 1.63. The number of fused-ring (bicyclic) bond motifs is 3. The maximum Gasteiger partial charge on any atom is 0.435 e. The SMILES string of the molecule is CN1[C@@H]2CCNc3ccccc3CN(C(=O)Cn3nc(C(F)(F)F)cc3C3CC3)C[C@H]1CC2. The van der Waals surface area contributed by atoms with E-state index in [1.807, 2.05) is 24.3 Å². The number of likely N-dealkylation sites (N-methyl/N-ethyl adjacent to an activating group) is 1. The lowest BCUT2D eigenvalue weighted by Gasteiger charge is -2.31. The van der Waals surface area contributed by atoms with E-state index in [1.165, 1.54) is 4.68 Å². The number of nitrogens with zero attached hydrogens (tertiary/aromatic N) is 4. The molecule has 9 heteroatoms. The van der Waals surface area contributed by atoms with Crippen LogP contribution in [0.1, 0.15) is 55.0 Å². The molecule has 3 heterocycles. The van der Waals surface area contributed by atoms with E-state index in [2.05, 4.69) is 22.4 Å². The number of nitrogens with one attached hydrogen (secondary N) is 1. The number of alkyl halides is 3. The molecule has 0 spiro atoms. The monoisotopic (exact) mass is 461 g/mol. The summed E-state index contributed by atoms with van der Waals surface area (Å²) in [6.07, 6.45) is 0.307. The molecule has 0 unspecified atom stereocenters. The van der Waals surface area contributed by atoms with Crippen molar-refractivity contribution in [2.45, 2.75) is 69.4 Å². The molecule has 2 fully saturated rings. The van der Waals surface area contributed by atoms with Gasteiger partial charge in [-0.1, -0.05) is 18.2 Å². The molecular weight excluding hydrogens is 431 g/mol. The van der Waals surface area contributed by atoms with Crippen molar-refractivity contribution < 1.29 is 18.0 Å². The molecule has 6 nitrogen and oxygen atoms in total. The van der Waals surface area contributed by atoms with Gasteiger partial charge in [0.15, 0.2) is 5.69 Å². The summed E-state index contributed by atoms with van der Waals surface area (Å²) in [7, 11) is 2.12. The van der Waals surface area contributed by atoms with Gasteiger partial charge in [0.2, 0.25) is 5.91 Å².